The minimum atomic E-state index is -0.292. The number of allylic oxidation sites excluding steroid dienone is 1. The molecule has 0 saturated heterocycles. The summed E-state index contributed by atoms with van der Waals surface area (Å²) < 4.78 is 2.84. The van der Waals surface area contributed by atoms with Crippen molar-refractivity contribution < 1.29 is 4.79 Å². The first-order valence-electron chi connectivity index (χ1n) is 14.6. The molecule has 1 atom stereocenters. The van der Waals surface area contributed by atoms with Crippen LogP contribution in [0.5, 0.6) is 0 Å². The second kappa shape index (κ2) is 9.76. The summed E-state index contributed by atoms with van der Waals surface area (Å²) in [5.74, 6) is 2.85. The summed E-state index contributed by atoms with van der Waals surface area (Å²) in [6.07, 6.45) is 2.62. The Kier molecular flexibility index (Phi) is 5.93. The number of fused-ring (bicyclic) bond motifs is 6. The molecule has 5 aromatic rings. The summed E-state index contributed by atoms with van der Waals surface area (Å²) in [6, 6.07) is 34.6. The van der Waals surface area contributed by atoms with E-state index in [9.17, 15) is 4.79 Å². The Morgan fingerprint density at radius 1 is 0.884 bits per heavy atom. The topological polar surface area (TPSA) is 56.5 Å². The fourth-order valence-electron chi connectivity index (χ4n) is 7.27. The SMILES string of the molecule is CC1(C)c2ccccc2N(c2ccc3c(c2)Cc2[se]c(CC4C(=O)c5ccccc5C4=C=NC=N)cc2-3)c2ccccc21. The van der Waals surface area contributed by atoms with E-state index in [2.05, 4.69) is 102 Å². The Hall–Kier alpha value is -4.53. The van der Waals surface area contributed by atoms with Gasteiger partial charge in [-0.05, 0) is 0 Å². The Bertz CT molecular complexity index is 2010. The van der Waals surface area contributed by atoms with Crippen LogP contribution in [0.1, 0.15) is 55.3 Å². The van der Waals surface area contributed by atoms with Crippen molar-refractivity contribution in [2.75, 3.05) is 4.90 Å². The van der Waals surface area contributed by atoms with Gasteiger partial charge in [-0.1, -0.05) is 0 Å². The number of Topliss-reactive ketones (excluding diaryl/α,β-unsaturated/α-hetero) is 1. The summed E-state index contributed by atoms with van der Waals surface area (Å²) in [5.41, 5.74) is 12.8. The molecular formula is C38H29N3OSe. The predicted molar refractivity (Wildman–Crippen MR) is 176 cm³/mol. The third kappa shape index (κ3) is 3.93. The Balaban J connectivity index is 1.14. The molecule has 0 bridgehead atoms. The van der Waals surface area contributed by atoms with Crippen LogP contribution in [0.3, 0.4) is 0 Å². The van der Waals surface area contributed by atoms with Crippen molar-refractivity contribution in [1.29, 1.82) is 5.41 Å². The predicted octanol–water partition coefficient (Wildman–Crippen LogP) is 8.14. The second-order valence-electron chi connectivity index (χ2n) is 12.0. The number of ketones is 1. The van der Waals surface area contributed by atoms with Gasteiger partial charge in [0.1, 0.15) is 0 Å². The zero-order valence-electron chi connectivity index (χ0n) is 24.0. The van der Waals surface area contributed by atoms with Gasteiger partial charge in [0.05, 0.1) is 0 Å². The van der Waals surface area contributed by atoms with E-state index in [0.29, 0.717) is 6.42 Å². The van der Waals surface area contributed by atoms with E-state index < -0.39 is 0 Å². The van der Waals surface area contributed by atoms with Gasteiger partial charge < -0.3 is 0 Å². The number of hydrogen-bond acceptors (Lipinski definition) is 3. The summed E-state index contributed by atoms with van der Waals surface area (Å²) in [5, 5.41) is 7.34. The monoisotopic (exact) mass is 623 g/mol. The number of para-hydroxylation sites is 2. The summed E-state index contributed by atoms with van der Waals surface area (Å²) in [7, 11) is 0. The fraction of sp³-hybridized carbons (Fsp3) is 0.158. The van der Waals surface area contributed by atoms with Crippen LogP contribution in [0.15, 0.2) is 102 Å². The van der Waals surface area contributed by atoms with Gasteiger partial charge in [0.2, 0.25) is 0 Å². The van der Waals surface area contributed by atoms with Gasteiger partial charge in [-0.15, -0.1) is 0 Å². The van der Waals surface area contributed by atoms with Crippen molar-refractivity contribution in [1.82, 2.24) is 0 Å². The number of carbonyl (C=O) groups excluding carboxylic acids is 1. The molecule has 1 unspecified atom stereocenters. The van der Waals surface area contributed by atoms with E-state index >= 15 is 0 Å². The van der Waals surface area contributed by atoms with E-state index in [-0.39, 0.29) is 31.6 Å². The molecule has 0 saturated carbocycles. The molecule has 0 amide bonds. The molecule has 43 heavy (non-hydrogen) atoms. The van der Waals surface area contributed by atoms with Crippen molar-refractivity contribution >= 4 is 55.1 Å². The number of anilines is 3. The Morgan fingerprint density at radius 3 is 2.28 bits per heavy atom. The zero-order valence-corrected chi connectivity index (χ0v) is 25.7. The standard InChI is InChI=1S/C38H29N3OSe/c1-38(2)32-11-5-7-13-34(32)41(35-14-8-6-12-33(35)38)24-15-16-26-23(17-24)18-36-29(26)19-25(43-36)20-30-31(21-40-22-39)27-9-3-4-10-28(27)37(30)42/h3-17,19,22,30,39H,18,20H2,1-2H3. The molecule has 208 valence electrons. The van der Waals surface area contributed by atoms with E-state index in [1.807, 2.05) is 24.3 Å². The van der Waals surface area contributed by atoms with E-state index in [4.69, 9.17) is 5.41 Å². The van der Waals surface area contributed by atoms with E-state index in [1.165, 1.54) is 53.8 Å². The molecule has 0 fully saturated rings. The molecule has 2 heterocycles. The molecular weight excluding hydrogens is 593 g/mol. The van der Waals surface area contributed by atoms with E-state index in [0.717, 1.165) is 29.5 Å². The van der Waals surface area contributed by atoms with Crippen molar-refractivity contribution in [2.45, 2.75) is 32.1 Å². The van der Waals surface area contributed by atoms with Crippen molar-refractivity contribution in [3.63, 3.8) is 0 Å². The van der Waals surface area contributed by atoms with Gasteiger partial charge in [-0.25, -0.2) is 0 Å². The van der Waals surface area contributed by atoms with Crippen LogP contribution in [0.2, 0.25) is 0 Å². The third-order valence-electron chi connectivity index (χ3n) is 9.29. The van der Waals surface area contributed by atoms with Crippen LogP contribution in [-0.4, -0.2) is 32.5 Å². The van der Waals surface area contributed by atoms with Crippen molar-refractivity contribution in [3.8, 4) is 11.1 Å². The summed E-state index contributed by atoms with van der Waals surface area (Å²) in [4.78, 5) is 19.8. The van der Waals surface area contributed by atoms with Gasteiger partial charge in [0.25, 0.3) is 0 Å². The average Bonchev–Trinajstić information content (AvgIpc) is 3.65. The average molecular weight is 623 g/mol. The Labute approximate surface area is 257 Å². The zero-order chi connectivity index (χ0) is 29.3. The first kappa shape index (κ1) is 26.1. The third-order valence-corrected chi connectivity index (χ3v) is 11.7. The van der Waals surface area contributed by atoms with Gasteiger partial charge in [-0.2, -0.15) is 0 Å². The maximum absolute atomic E-state index is 13.4. The normalized spacial score (nSPS) is 17.0. The molecule has 5 heteroatoms. The van der Waals surface area contributed by atoms with Gasteiger partial charge in [-0.3, -0.25) is 0 Å². The van der Waals surface area contributed by atoms with Gasteiger partial charge >= 0.3 is 258 Å². The number of aliphatic imine (C=N–C) groups is 1. The molecule has 4 aromatic carbocycles. The van der Waals surface area contributed by atoms with E-state index in [1.54, 1.807) is 0 Å². The molecule has 1 aromatic heterocycles. The Morgan fingerprint density at radius 2 is 1.56 bits per heavy atom. The molecule has 1 aliphatic heterocycles. The van der Waals surface area contributed by atoms with Gasteiger partial charge in [0.15, 0.2) is 0 Å². The molecule has 0 spiro atoms. The molecule has 0 radical (unpaired) electrons. The van der Waals surface area contributed by atoms with Gasteiger partial charge in [0, 0.05) is 0 Å². The summed E-state index contributed by atoms with van der Waals surface area (Å²) in [6.45, 7) is 4.64. The number of rotatable bonds is 4. The molecule has 8 rings (SSSR count). The number of hydrogen-bond donors (Lipinski definition) is 1. The fourth-order valence-corrected chi connectivity index (χ4v) is 9.89. The van der Waals surface area contributed by atoms with Crippen LogP contribution in [0.25, 0.3) is 16.7 Å². The first-order chi connectivity index (χ1) is 21.0. The minimum absolute atomic E-state index is 0.0741. The van der Waals surface area contributed by atoms with Crippen LogP contribution in [0.4, 0.5) is 17.1 Å². The number of nitrogens with one attached hydrogen (secondary N) is 1. The summed E-state index contributed by atoms with van der Waals surface area (Å²) >= 11 is 0.196. The molecule has 1 N–H and O–H groups in total. The van der Waals surface area contributed by atoms with Crippen molar-refractivity contribution in [2.24, 2.45) is 10.9 Å². The number of nitrogens with zero attached hydrogens (tertiary/aromatic N) is 2. The maximum atomic E-state index is 13.4. The quantitative estimate of drug-likeness (QED) is 0.123. The van der Waals surface area contributed by atoms with Crippen LogP contribution in [0, 0.1) is 11.3 Å². The van der Waals surface area contributed by atoms with Crippen LogP contribution < -0.4 is 4.90 Å². The second-order valence-corrected chi connectivity index (χ2v) is 14.6. The van der Waals surface area contributed by atoms with Crippen LogP contribution in [-0.2, 0) is 18.3 Å². The molecule has 2 aliphatic carbocycles. The molecule has 3 aliphatic rings. The molecule has 4 nitrogen and oxygen atoms in total. The first-order valence-corrected chi connectivity index (χ1v) is 16.4. The number of benzene rings is 4. The van der Waals surface area contributed by atoms with Crippen LogP contribution >= 0.6 is 0 Å². The van der Waals surface area contributed by atoms with Crippen molar-refractivity contribution in [3.05, 3.63) is 134 Å². The number of carbonyl (C=O) groups is 1.